The van der Waals surface area contributed by atoms with E-state index in [1.165, 1.54) is 5.56 Å². The van der Waals surface area contributed by atoms with Crippen LogP contribution >= 0.6 is 11.3 Å². The van der Waals surface area contributed by atoms with Crippen LogP contribution in [0.4, 0.5) is 5.69 Å². The van der Waals surface area contributed by atoms with Crippen LogP contribution in [-0.4, -0.2) is 34.8 Å². The van der Waals surface area contributed by atoms with Crippen molar-refractivity contribution in [3.8, 4) is 11.1 Å². The van der Waals surface area contributed by atoms with Crippen LogP contribution < -0.4 is 5.32 Å². The highest BCUT2D eigenvalue weighted by Crippen LogP contribution is 2.32. The van der Waals surface area contributed by atoms with Gasteiger partial charge in [-0.1, -0.05) is 55.0 Å². The molecule has 2 amide bonds. The number of nitrogens with one attached hydrogen (secondary N) is 1. The van der Waals surface area contributed by atoms with Gasteiger partial charge in [-0.25, -0.2) is 4.98 Å². The number of rotatable bonds is 6. The molecule has 0 atom stereocenters. The third kappa shape index (κ3) is 5.07. The van der Waals surface area contributed by atoms with Crippen LogP contribution in [0.5, 0.6) is 0 Å². The van der Waals surface area contributed by atoms with Gasteiger partial charge in [-0.2, -0.15) is 0 Å². The highest BCUT2D eigenvalue weighted by atomic mass is 32.1. The van der Waals surface area contributed by atoms with Gasteiger partial charge in [0.05, 0.1) is 5.01 Å². The molecule has 4 rings (SSSR count). The minimum absolute atomic E-state index is 0.192. The van der Waals surface area contributed by atoms with E-state index in [1.807, 2.05) is 41.5 Å². The van der Waals surface area contributed by atoms with Gasteiger partial charge < -0.3 is 10.2 Å². The highest BCUT2D eigenvalue weighted by molar-refractivity contribution is 7.10. The summed E-state index contributed by atoms with van der Waals surface area (Å²) in [5.41, 5.74) is 4.48. The Balaban J connectivity index is 1.42. The molecule has 1 fully saturated rings. The molecule has 5 nitrogen and oxygen atoms in total. The summed E-state index contributed by atoms with van der Waals surface area (Å²) < 4.78 is 0. The van der Waals surface area contributed by atoms with Crippen molar-refractivity contribution in [2.75, 3.05) is 18.4 Å². The maximum Gasteiger partial charge on any atom is 0.275 e. The molecule has 6 heteroatoms. The van der Waals surface area contributed by atoms with Crippen LogP contribution in [0.15, 0.2) is 53.9 Å². The molecule has 1 aromatic heterocycles. The lowest BCUT2D eigenvalue weighted by atomic mass is 9.97. The van der Waals surface area contributed by atoms with E-state index in [-0.39, 0.29) is 11.8 Å². The molecule has 1 N–H and O–H groups in total. The predicted molar refractivity (Wildman–Crippen MR) is 130 cm³/mol. The first-order chi connectivity index (χ1) is 15.5. The van der Waals surface area contributed by atoms with Crippen molar-refractivity contribution in [2.24, 2.45) is 0 Å². The standard InChI is InChI=1S/C26H29N3O2S/c1-3-6-24(30)29-15-13-20(14-16-29)26-28-23(17-32-26)25(31)27-22-8-5-4-7-21(22)19-11-9-18(2)10-12-19/h4-5,7-12,17,20H,3,6,13-16H2,1-2H3,(H,27,31). The Hall–Kier alpha value is -2.99. The summed E-state index contributed by atoms with van der Waals surface area (Å²) >= 11 is 1.54. The summed E-state index contributed by atoms with van der Waals surface area (Å²) in [6, 6.07) is 16.1. The van der Waals surface area contributed by atoms with Gasteiger partial charge in [0, 0.05) is 42.1 Å². The molecule has 0 bridgehead atoms. The number of aryl methyl sites for hydroxylation is 1. The molecule has 3 aromatic rings. The molecule has 1 aliphatic rings. The van der Waals surface area contributed by atoms with Gasteiger partial charge in [-0.3, -0.25) is 9.59 Å². The third-order valence-electron chi connectivity index (χ3n) is 5.95. The van der Waals surface area contributed by atoms with Gasteiger partial charge in [-0.15, -0.1) is 11.3 Å². The first kappa shape index (κ1) is 22.2. The van der Waals surface area contributed by atoms with E-state index in [4.69, 9.17) is 0 Å². The molecule has 0 radical (unpaired) electrons. The number of carbonyl (C=O) groups excluding carboxylic acids is 2. The minimum atomic E-state index is -0.192. The number of nitrogens with zero attached hydrogens (tertiary/aromatic N) is 2. The van der Waals surface area contributed by atoms with Crippen molar-refractivity contribution >= 4 is 28.8 Å². The number of piperidine rings is 1. The van der Waals surface area contributed by atoms with E-state index < -0.39 is 0 Å². The lowest BCUT2D eigenvalue weighted by Crippen LogP contribution is -2.37. The van der Waals surface area contributed by atoms with Crippen molar-refractivity contribution in [3.05, 3.63) is 70.2 Å². The topological polar surface area (TPSA) is 62.3 Å². The van der Waals surface area contributed by atoms with E-state index in [9.17, 15) is 9.59 Å². The van der Waals surface area contributed by atoms with Crippen LogP contribution in [0.1, 0.15) is 59.6 Å². The summed E-state index contributed by atoms with van der Waals surface area (Å²) in [5.74, 6) is 0.368. The van der Waals surface area contributed by atoms with Gasteiger partial charge in [0.1, 0.15) is 5.69 Å². The molecule has 0 spiro atoms. The quantitative estimate of drug-likeness (QED) is 0.513. The first-order valence-electron chi connectivity index (χ1n) is 11.3. The van der Waals surface area contributed by atoms with E-state index in [2.05, 4.69) is 41.5 Å². The number of benzene rings is 2. The average Bonchev–Trinajstić information content (AvgIpc) is 3.31. The molecule has 0 unspecified atom stereocenters. The van der Waals surface area contributed by atoms with Crippen molar-refractivity contribution in [1.82, 2.24) is 9.88 Å². The Kier molecular flexibility index (Phi) is 7.00. The normalized spacial score (nSPS) is 14.4. The van der Waals surface area contributed by atoms with E-state index in [0.717, 1.165) is 54.2 Å². The number of likely N-dealkylation sites (tertiary alicyclic amines) is 1. The average molecular weight is 448 g/mol. The Labute approximate surface area is 193 Å². The minimum Gasteiger partial charge on any atom is -0.343 e. The van der Waals surface area contributed by atoms with Gasteiger partial charge in [0.25, 0.3) is 5.91 Å². The van der Waals surface area contributed by atoms with Crippen LogP contribution in [0, 0.1) is 6.92 Å². The SMILES string of the molecule is CCCC(=O)N1CCC(c2nc(C(=O)Nc3ccccc3-c3ccc(C)cc3)cs2)CC1. The van der Waals surface area contributed by atoms with Crippen molar-refractivity contribution in [1.29, 1.82) is 0 Å². The lowest BCUT2D eigenvalue weighted by Gasteiger charge is -2.31. The molecule has 0 aliphatic carbocycles. The molecule has 1 saturated heterocycles. The second-order valence-corrected chi connectivity index (χ2v) is 9.23. The van der Waals surface area contributed by atoms with Crippen LogP contribution in [0.2, 0.25) is 0 Å². The molecule has 2 aromatic carbocycles. The maximum atomic E-state index is 12.9. The zero-order valence-electron chi connectivity index (χ0n) is 18.6. The molecule has 166 valence electrons. The fourth-order valence-electron chi connectivity index (χ4n) is 4.09. The number of anilines is 1. The second-order valence-electron chi connectivity index (χ2n) is 8.34. The zero-order chi connectivity index (χ0) is 22.5. The summed E-state index contributed by atoms with van der Waals surface area (Å²) in [7, 11) is 0. The summed E-state index contributed by atoms with van der Waals surface area (Å²) in [5, 5.41) is 5.88. The molecule has 32 heavy (non-hydrogen) atoms. The molecule has 1 aliphatic heterocycles. The van der Waals surface area contributed by atoms with Gasteiger partial charge in [0.15, 0.2) is 0 Å². The molecular weight excluding hydrogens is 418 g/mol. The number of carbonyl (C=O) groups is 2. The number of para-hydroxylation sites is 1. The van der Waals surface area contributed by atoms with Crippen LogP contribution in [0.25, 0.3) is 11.1 Å². The second kappa shape index (κ2) is 10.1. The van der Waals surface area contributed by atoms with Gasteiger partial charge >= 0.3 is 0 Å². The first-order valence-corrected chi connectivity index (χ1v) is 12.1. The fourth-order valence-corrected chi connectivity index (χ4v) is 5.06. The summed E-state index contributed by atoms with van der Waals surface area (Å²) in [6.07, 6.45) is 3.31. The zero-order valence-corrected chi connectivity index (χ0v) is 19.5. The Bertz CT molecular complexity index is 1080. The highest BCUT2D eigenvalue weighted by Gasteiger charge is 2.26. The van der Waals surface area contributed by atoms with Crippen LogP contribution in [-0.2, 0) is 4.79 Å². The lowest BCUT2D eigenvalue weighted by molar-refractivity contribution is -0.132. The summed E-state index contributed by atoms with van der Waals surface area (Å²) in [4.78, 5) is 31.7. The van der Waals surface area contributed by atoms with Crippen molar-refractivity contribution in [3.63, 3.8) is 0 Å². The monoisotopic (exact) mass is 447 g/mol. The smallest absolute Gasteiger partial charge is 0.275 e. The number of thiazole rings is 1. The Morgan fingerprint density at radius 3 is 2.53 bits per heavy atom. The number of hydrogen-bond donors (Lipinski definition) is 1. The van der Waals surface area contributed by atoms with Gasteiger partial charge in [-0.05, 0) is 37.8 Å². The largest absolute Gasteiger partial charge is 0.343 e. The van der Waals surface area contributed by atoms with Crippen LogP contribution in [0.3, 0.4) is 0 Å². The van der Waals surface area contributed by atoms with Crippen molar-refractivity contribution < 1.29 is 9.59 Å². The third-order valence-corrected chi connectivity index (χ3v) is 6.96. The Morgan fingerprint density at radius 2 is 1.81 bits per heavy atom. The van der Waals surface area contributed by atoms with Crippen molar-refractivity contribution in [2.45, 2.75) is 45.4 Å². The Morgan fingerprint density at radius 1 is 1.09 bits per heavy atom. The molecule has 0 saturated carbocycles. The van der Waals surface area contributed by atoms with E-state index >= 15 is 0 Å². The number of amides is 2. The summed E-state index contributed by atoms with van der Waals surface area (Å²) in [6.45, 7) is 5.64. The fraction of sp³-hybridized carbons (Fsp3) is 0.346. The number of hydrogen-bond acceptors (Lipinski definition) is 4. The predicted octanol–water partition coefficient (Wildman–Crippen LogP) is 5.88. The molecule has 2 heterocycles. The number of aromatic nitrogens is 1. The molecular formula is C26H29N3O2S. The van der Waals surface area contributed by atoms with E-state index in [0.29, 0.717) is 18.0 Å². The van der Waals surface area contributed by atoms with E-state index in [1.54, 1.807) is 11.3 Å². The van der Waals surface area contributed by atoms with Gasteiger partial charge in [0.2, 0.25) is 5.91 Å². The maximum absolute atomic E-state index is 12.9.